The lowest BCUT2D eigenvalue weighted by atomic mass is 9.96. The smallest absolute Gasteiger partial charge is 0.261 e. The van der Waals surface area contributed by atoms with Crippen molar-refractivity contribution in [3.05, 3.63) is 58.9 Å². The molecule has 8 nitrogen and oxygen atoms in total. The summed E-state index contributed by atoms with van der Waals surface area (Å²) in [6, 6.07) is 9.64. The van der Waals surface area contributed by atoms with Gasteiger partial charge in [-0.05, 0) is 43.9 Å². The first kappa shape index (κ1) is 21.2. The number of hydrogen-bond acceptors (Lipinski definition) is 7. The van der Waals surface area contributed by atoms with E-state index in [2.05, 4.69) is 19.9 Å². The third-order valence-corrected chi connectivity index (χ3v) is 6.47. The number of hydrogen-bond donors (Lipinski definition) is 0. The van der Waals surface area contributed by atoms with Crippen LogP contribution in [-0.4, -0.2) is 46.8 Å². The van der Waals surface area contributed by atoms with Crippen LogP contribution in [0.5, 0.6) is 11.5 Å². The lowest BCUT2D eigenvalue weighted by Crippen LogP contribution is -2.37. The zero-order valence-electron chi connectivity index (χ0n) is 19.1. The van der Waals surface area contributed by atoms with E-state index in [1.165, 1.54) is 0 Å². The summed E-state index contributed by atoms with van der Waals surface area (Å²) in [5.41, 5.74) is 2.68. The summed E-state index contributed by atoms with van der Waals surface area (Å²) in [6.07, 6.45) is 5.22. The van der Waals surface area contributed by atoms with E-state index in [-0.39, 0.29) is 5.56 Å². The van der Waals surface area contributed by atoms with Crippen molar-refractivity contribution >= 4 is 27.6 Å². The zero-order chi connectivity index (χ0) is 22.9. The Labute approximate surface area is 191 Å². The molecule has 1 aliphatic rings. The van der Waals surface area contributed by atoms with Crippen LogP contribution in [0.15, 0.2) is 47.8 Å². The highest BCUT2D eigenvalue weighted by Gasteiger charge is 2.23. The molecule has 0 saturated carbocycles. The molecule has 1 saturated heterocycles. The molecular weight excluding hydrogens is 418 g/mol. The maximum Gasteiger partial charge on any atom is 0.261 e. The maximum absolute atomic E-state index is 13.0. The Kier molecular flexibility index (Phi) is 5.58. The van der Waals surface area contributed by atoms with E-state index in [0.29, 0.717) is 29.3 Å². The fourth-order valence-corrected chi connectivity index (χ4v) is 4.63. The van der Waals surface area contributed by atoms with Crippen LogP contribution < -0.4 is 19.9 Å². The number of piperidine rings is 1. The standard InChI is InChI=1S/C25H27N5O3/c1-16-4-5-20-19(10-16)25(31)30(15-28-20)13-17-6-8-29(9-7-17)24-18-11-22(32-2)23(33-3)12-21(18)26-14-27-24/h4-5,10-12,14-15,17H,6-9,13H2,1-3H3. The van der Waals surface area contributed by atoms with Crippen molar-refractivity contribution in [2.45, 2.75) is 26.3 Å². The van der Waals surface area contributed by atoms with Crippen LogP contribution in [-0.2, 0) is 6.54 Å². The third-order valence-electron chi connectivity index (χ3n) is 6.47. The SMILES string of the molecule is COc1cc2ncnc(N3CCC(Cn4cnc5ccc(C)cc5c4=O)CC3)c2cc1OC. The first-order valence-electron chi connectivity index (χ1n) is 11.1. The minimum atomic E-state index is 0.0361. The van der Waals surface area contributed by atoms with Gasteiger partial charge in [-0.1, -0.05) is 11.6 Å². The van der Waals surface area contributed by atoms with E-state index in [4.69, 9.17) is 9.47 Å². The Bertz CT molecular complexity index is 1380. The highest BCUT2D eigenvalue weighted by molar-refractivity contribution is 5.92. The third kappa shape index (κ3) is 3.97. The fourth-order valence-electron chi connectivity index (χ4n) is 4.63. The van der Waals surface area contributed by atoms with Crippen molar-refractivity contribution in [1.29, 1.82) is 0 Å². The number of fused-ring (bicyclic) bond motifs is 2. The van der Waals surface area contributed by atoms with Crippen LogP contribution in [0.25, 0.3) is 21.8 Å². The number of aromatic nitrogens is 4. The fraction of sp³-hybridized carbons (Fsp3) is 0.360. The van der Waals surface area contributed by atoms with Crippen LogP contribution in [0.2, 0.25) is 0 Å². The monoisotopic (exact) mass is 445 g/mol. The molecule has 8 heteroatoms. The van der Waals surface area contributed by atoms with Crippen LogP contribution in [0.1, 0.15) is 18.4 Å². The number of methoxy groups -OCH3 is 2. The van der Waals surface area contributed by atoms with E-state index in [1.807, 2.05) is 37.3 Å². The Hall–Kier alpha value is -3.68. The van der Waals surface area contributed by atoms with E-state index >= 15 is 0 Å². The molecule has 0 aliphatic carbocycles. The molecule has 1 aliphatic heterocycles. The molecule has 33 heavy (non-hydrogen) atoms. The summed E-state index contributed by atoms with van der Waals surface area (Å²) in [4.78, 5) is 28.7. The summed E-state index contributed by atoms with van der Waals surface area (Å²) in [5, 5.41) is 1.63. The molecule has 0 radical (unpaired) electrons. The quantitative estimate of drug-likeness (QED) is 0.464. The summed E-state index contributed by atoms with van der Waals surface area (Å²) < 4.78 is 12.7. The first-order chi connectivity index (χ1) is 16.1. The summed E-state index contributed by atoms with van der Waals surface area (Å²) in [7, 11) is 3.25. The largest absolute Gasteiger partial charge is 0.493 e. The average Bonchev–Trinajstić information content (AvgIpc) is 2.85. The van der Waals surface area contributed by atoms with Gasteiger partial charge in [0.1, 0.15) is 12.1 Å². The summed E-state index contributed by atoms with van der Waals surface area (Å²) in [5.74, 6) is 2.62. The number of ether oxygens (including phenoxy) is 2. The minimum absolute atomic E-state index is 0.0361. The van der Waals surface area contributed by atoms with Crippen molar-refractivity contribution in [2.24, 2.45) is 5.92 Å². The van der Waals surface area contributed by atoms with E-state index in [9.17, 15) is 4.79 Å². The second kappa shape index (κ2) is 8.69. The van der Waals surface area contributed by atoms with Gasteiger partial charge in [0.25, 0.3) is 5.56 Å². The molecule has 5 rings (SSSR count). The average molecular weight is 446 g/mol. The minimum Gasteiger partial charge on any atom is -0.493 e. The predicted octanol–water partition coefficient (Wildman–Crippen LogP) is 3.58. The molecule has 0 spiro atoms. The Morgan fingerprint density at radius 3 is 2.45 bits per heavy atom. The number of benzene rings is 2. The van der Waals surface area contributed by atoms with Crippen LogP contribution in [0.3, 0.4) is 0 Å². The first-order valence-corrected chi connectivity index (χ1v) is 11.1. The van der Waals surface area contributed by atoms with Crippen LogP contribution in [0.4, 0.5) is 5.82 Å². The molecular formula is C25H27N5O3. The number of aryl methyl sites for hydroxylation is 1. The Morgan fingerprint density at radius 2 is 1.70 bits per heavy atom. The highest BCUT2D eigenvalue weighted by Crippen LogP contribution is 2.35. The highest BCUT2D eigenvalue weighted by atomic mass is 16.5. The van der Waals surface area contributed by atoms with Crippen molar-refractivity contribution in [3.8, 4) is 11.5 Å². The van der Waals surface area contributed by atoms with Crippen LogP contribution in [0, 0.1) is 12.8 Å². The van der Waals surface area contributed by atoms with Gasteiger partial charge < -0.3 is 14.4 Å². The second-order valence-electron chi connectivity index (χ2n) is 8.57. The van der Waals surface area contributed by atoms with Crippen molar-refractivity contribution < 1.29 is 9.47 Å². The van der Waals surface area contributed by atoms with E-state index in [1.54, 1.807) is 31.4 Å². The maximum atomic E-state index is 13.0. The van der Waals surface area contributed by atoms with Gasteiger partial charge in [-0.25, -0.2) is 15.0 Å². The lowest BCUT2D eigenvalue weighted by Gasteiger charge is -2.33. The number of anilines is 1. The number of rotatable bonds is 5. The van der Waals surface area contributed by atoms with Gasteiger partial charge in [0.05, 0.1) is 37.0 Å². The molecule has 170 valence electrons. The van der Waals surface area contributed by atoms with E-state index in [0.717, 1.165) is 53.7 Å². The molecule has 2 aromatic carbocycles. The van der Waals surface area contributed by atoms with Gasteiger partial charge in [-0.2, -0.15) is 0 Å². The second-order valence-corrected chi connectivity index (χ2v) is 8.57. The molecule has 3 heterocycles. The molecule has 0 bridgehead atoms. The Morgan fingerprint density at radius 1 is 0.939 bits per heavy atom. The molecule has 1 fully saturated rings. The molecule has 4 aromatic rings. The van der Waals surface area contributed by atoms with Gasteiger partial charge in [0, 0.05) is 31.1 Å². The Balaban J connectivity index is 1.35. The topological polar surface area (TPSA) is 82.4 Å². The van der Waals surface area contributed by atoms with Gasteiger partial charge in [-0.3, -0.25) is 9.36 Å². The molecule has 0 atom stereocenters. The van der Waals surface area contributed by atoms with Crippen molar-refractivity contribution in [1.82, 2.24) is 19.5 Å². The van der Waals surface area contributed by atoms with Gasteiger partial charge in [0.2, 0.25) is 0 Å². The van der Waals surface area contributed by atoms with Gasteiger partial charge in [0.15, 0.2) is 11.5 Å². The molecule has 0 N–H and O–H groups in total. The van der Waals surface area contributed by atoms with Crippen molar-refractivity contribution in [2.75, 3.05) is 32.2 Å². The summed E-state index contributed by atoms with van der Waals surface area (Å²) >= 11 is 0. The predicted molar refractivity (Wildman–Crippen MR) is 128 cm³/mol. The molecule has 0 amide bonds. The summed E-state index contributed by atoms with van der Waals surface area (Å²) in [6.45, 7) is 4.40. The van der Waals surface area contributed by atoms with Crippen molar-refractivity contribution in [3.63, 3.8) is 0 Å². The molecule has 2 aromatic heterocycles. The zero-order valence-corrected chi connectivity index (χ0v) is 19.1. The lowest BCUT2D eigenvalue weighted by molar-refractivity contribution is 0.351. The van der Waals surface area contributed by atoms with Crippen LogP contribution >= 0.6 is 0 Å². The van der Waals surface area contributed by atoms with Gasteiger partial charge >= 0.3 is 0 Å². The number of nitrogens with zero attached hydrogens (tertiary/aromatic N) is 5. The molecule has 0 unspecified atom stereocenters. The van der Waals surface area contributed by atoms with E-state index < -0.39 is 0 Å². The van der Waals surface area contributed by atoms with Gasteiger partial charge in [-0.15, -0.1) is 0 Å². The normalized spacial score (nSPS) is 14.7.